The van der Waals surface area contributed by atoms with E-state index in [1.54, 1.807) is 7.11 Å². The molecule has 1 amide bonds. The van der Waals surface area contributed by atoms with Crippen LogP contribution in [0.1, 0.15) is 48.2 Å². The van der Waals surface area contributed by atoms with E-state index in [2.05, 4.69) is 65.4 Å². The molecular weight excluding hydrogens is 484 g/mol. The summed E-state index contributed by atoms with van der Waals surface area (Å²) in [5.41, 5.74) is 6.13. The van der Waals surface area contributed by atoms with Crippen molar-refractivity contribution in [2.45, 2.75) is 45.7 Å². The molecule has 0 bridgehead atoms. The number of hydrogen-bond acceptors (Lipinski definition) is 5. The van der Waals surface area contributed by atoms with E-state index in [1.165, 1.54) is 5.56 Å². The number of fused-ring (bicyclic) bond motifs is 1. The predicted molar refractivity (Wildman–Crippen MR) is 162 cm³/mol. The summed E-state index contributed by atoms with van der Waals surface area (Å²) < 4.78 is 5.50. The van der Waals surface area contributed by atoms with E-state index < -0.39 is 0 Å². The minimum absolute atomic E-state index is 0.0675. The van der Waals surface area contributed by atoms with E-state index in [1.807, 2.05) is 61.6 Å². The standard InChI is InChI=1S/C33H40N4O2/c1-6-25-11-15-27(16-12-25)33(38)37(23-26-13-17-29(18-14-26)36(3)4)20-8-9-24(2)35-31-22-30(39-5)21-28-10-7-19-34-32(28)31/h7,10-19,21-22,24,35H,6,8-9,20,23H2,1-5H3. The van der Waals surface area contributed by atoms with E-state index in [0.29, 0.717) is 13.1 Å². The summed E-state index contributed by atoms with van der Waals surface area (Å²) in [5.74, 6) is 0.870. The Kier molecular flexibility index (Phi) is 9.42. The molecule has 6 nitrogen and oxygen atoms in total. The highest BCUT2D eigenvalue weighted by molar-refractivity contribution is 5.94. The normalized spacial score (nSPS) is 11.7. The Balaban J connectivity index is 1.45. The number of anilines is 2. The first kappa shape index (κ1) is 28.0. The number of carbonyl (C=O) groups is 1. The molecule has 4 aromatic rings. The first-order valence-electron chi connectivity index (χ1n) is 13.7. The second-order valence-corrected chi connectivity index (χ2v) is 10.3. The molecule has 1 heterocycles. The van der Waals surface area contributed by atoms with E-state index in [-0.39, 0.29) is 11.9 Å². The van der Waals surface area contributed by atoms with Crippen molar-refractivity contribution >= 4 is 28.2 Å². The minimum Gasteiger partial charge on any atom is -0.497 e. The number of aryl methyl sites for hydroxylation is 1. The molecule has 0 aliphatic carbocycles. The number of nitrogens with one attached hydrogen (secondary N) is 1. The lowest BCUT2D eigenvalue weighted by Gasteiger charge is -2.25. The first-order chi connectivity index (χ1) is 18.9. The zero-order valence-electron chi connectivity index (χ0n) is 23.8. The Bertz CT molecular complexity index is 1370. The van der Waals surface area contributed by atoms with Crippen LogP contribution in [0.5, 0.6) is 5.75 Å². The molecule has 6 heteroatoms. The zero-order chi connectivity index (χ0) is 27.8. The molecule has 0 aliphatic heterocycles. The third-order valence-corrected chi connectivity index (χ3v) is 7.10. The number of carbonyl (C=O) groups excluding carboxylic acids is 1. The lowest BCUT2D eigenvalue weighted by Crippen LogP contribution is -2.32. The maximum atomic E-state index is 13.6. The van der Waals surface area contributed by atoms with Crippen LogP contribution in [0.3, 0.4) is 0 Å². The fourth-order valence-electron chi connectivity index (χ4n) is 4.76. The monoisotopic (exact) mass is 524 g/mol. The number of rotatable bonds is 12. The van der Waals surface area contributed by atoms with Gasteiger partial charge in [-0.15, -0.1) is 0 Å². The fraction of sp³-hybridized carbons (Fsp3) is 0.333. The van der Waals surface area contributed by atoms with Crippen molar-refractivity contribution in [1.82, 2.24) is 9.88 Å². The Labute approximate surface area is 232 Å². The average Bonchev–Trinajstić information content (AvgIpc) is 2.96. The summed E-state index contributed by atoms with van der Waals surface area (Å²) in [5, 5.41) is 4.66. The van der Waals surface area contributed by atoms with Crippen LogP contribution in [-0.4, -0.2) is 49.6 Å². The number of aromatic nitrogens is 1. The summed E-state index contributed by atoms with van der Waals surface area (Å²) in [7, 11) is 5.75. The van der Waals surface area contributed by atoms with E-state index in [9.17, 15) is 4.79 Å². The van der Waals surface area contributed by atoms with Crippen molar-refractivity contribution < 1.29 is 9.53 Å². The number of benzene rings is 3. The van der Waals surface area contributed by atoms with E-state index in [4.69, 9.17) is 4.74 Å². The van der Waals surface area contributed by atoms with Crippen LogP contribution in [0.25, 0.3) is 10.9 Å². The van der Waals surface area contributed by atoms with E-state index in [0.717, 1.165) is 58.4 Å². The molecular formula is C33H40N4O2. The molecule has 1 unspecified atom stereocenters. The molecule has 0 aliphatic rings. The summed E-state index contributed by atoms with van der Waals surface area (Å²) in [6, 6.07) is 24.6. The van der Waals surface area contributed by atoms with Gasteiger partial charge in [0.1, 0.15) is 5.75 Å². The number of ether oxygens (including phenoxy) is 1. The predicted octanol–water partition coefficient (Wildman–Crippen LogP) is 6.80. The molecule has 204 valence electrons. The molecule has 1 aromatic heterocycles. The fourth-order valence-corrected chi connectivity index (χ4v) is 4.76. The molecule has 1 N–H and O–H groups in total. The number of pyridine rings is 1. The van der Waals surface area contributed by atoms with Crippen LogP contribution in [0.4, 0.5) is 11.4 Å². The second kappa shape index (κ2) is 13.1. The first-order valence-corrected chi connectivity index (χ1v) is 13.7. The van der Waals surface area contributed by atoms with Gasteiger partial charge in [0.25, 0.3) is 5.91 Å². The molecule has 0 spiro atoms. The van der Waals surface area contributed by atoms with Crippen molar-refractivity contribution in [2.75, 3.05) is 38.0 Å². The van der Waals surface area contributed by atoms with Crippen LogP contribution in [-0.2, 0) is 13.0 Å². The topological polar surface area (TPSA) is 57.7 Å². The number of nitrogens with zero attached hydrogens (tertiary/aromatic N) is 3. The van der Waals surface area contributed by atoms with Crippen molar-refractivity contribution in [2.24, 2.45) is 0 Å². The van der Waals surface area contributed by atoms with Gasteiger partial charge in [-0.25, -0.2) is 0 Å². The van der Waals surface area contributed by atoms with Crippen molar-refractivity contribution in [1.29, 1.82) is 0 Å². The number of methoxy groups -OCH3 is 1. The van der Waals surface area contributed by atoms with Crippen LogP contribution in [0, 0.1) is 0 Å². The Morgan fingerprint density at radius 3 is 2.38 bits per heavy atom. The molecule has 0 saturated carbocycles. The Hall–Kier alpha value is -4.06. The molecule has 39 heavy (non-hydrogen) atoms. The third kappa shape index (κ3) is 7.29. The largest absolute Gasteiger partial charge is 0.497 e. The Morgan fingerprint density at radius 2 is 1.72 bits per heavy atom. The molecule has 0 saturated heterocycles. The minimum atomic E-state index is 0.0675. The number of hydrogen-bond donors (Lipinski definition) is 1. The molecule has 3 aromatic carbocycles. The zero-order valence-corrected chi connectivity index (χ0v) is 23.8. The number of amides is 1. The van der Waals surface area contributed by atoms with Gasteiger partial charge < -0.3 is 19.9 Å². The second-order valence-electron chi connectivity index (χ2n) is 10.3. The highest BCUT2D eigenvalue weighted by atomic mass is 16.5. The summed E-state index contributed by atoms with van der Waals surface area (Å²) >= 11 is 0. The van der Waals surface area contributed by atoms with Crippen molar-refractivity contribution in [3.63, 3.8) is 0 Å². The lowest BCUT2D eigenvalue weighted by molar-refractivity contribution is 0.0739. The highest BCUT2D eigenvalue weighted by Gasteiger charge is 2.17. The third-order valence-electron chi connectivity index (χ3n) is 7.10. The SMILES string of the molecule is CCc1ccc(C(=O)N(CCCC(C)Nc2cc(OC)cc3cccnc23)Cc2ccc(N(C)C)cc2)cc1. The Morgan fingerprint density at radius 1 is 1.00 bits per heavy atom. The molecule has 0 radical (unpaired) electrons. The van der Waals surface area contributed by atoms with Gasteiger partial charge in [0.15, 0.2) is 0 Å². The summed E-state index contributed by atoms with van der Waals surface area (Å²) in [6.07, 6.45) is 4.55. The molecule has 4 rings (SSSR count). The maximum absolute atomic E-state index is 13.6. The van der Waals surface area contributed by atoms with Gasteiger partial charge in [-0.05, 0) is 73.7 Å². The van der Waals surface area contributed by atoms with Crippen LogP contribution in [0.2, 0.25) is 0 Å². The molecule has 0 fully saturated rings. The van der Waals surface area contributed by atoms with Gasteiger partial charge in [0.2, 0.25) is 0 Å². The van der Waals surface area contributed by atoms with Gasteiger partial charge in [0.05, 0.1) is 18.3 Å². The highest BCUT2D eigenvalue weighted by Crippen LogP contribution is 2.28. The van der Waals surface area contributed by atoms with Crippen molar-refractivity contribution in [3.05, 3.63) is 95.7 Å². The van der Waals surface area contributed by atoms with E-state index >= 15 is 0 Å². The quantitative estimate of drug-likeness (QED) is 0.221. The van der Waals surface area contributed by atoms with Crippen molar-refractivity contribution in [3.8, 4) is 5.75 Å². The van der Waals surface area contributed by atoms with Crippen LogP contribution >= 0.6 is 0 Å². The van der Waals surface area contributed by atoms with Gasteiger partial charge in [-0.1, -0.05) is 37.3 Å². The van der Waals surface area contributed by atoms with Gasteiger partial charge >= 0.3 is 0 Å². The van der Waals surface area contributed by atoms with Gasteiger partial charge in [-0.2, -0.15) is 0 Å². The van der Waals surface area contributed by atoms with Crippen LogP contribution in [0.15, 0.2) is 79.0 Å². The van der Waals surface area contributed by atoms with Gasteiger partial charge in [-0.3, -0.25) is 9.78 Å². The maximum Gasteiger partial charge on any atom is 0.254 e. The summed E-state index contributed by atoms with van der Waals surface area (Å²) in [6.45, 7) is 5.55. The average molecular weight is 525 g/mol. The van der Waals surface area contributed by atoms with Gasteiger partial charge in [0, 0.05) is 62.1 Å². The molecule has 1 atom stereocenters. The lowest BCUT2D eigenvalue weighted by atomic mass is 10.1. The summed E-state index contributed by atoms with van der Waals surface area (Å²) in [4.78, 5) is 22.2. The smallest absolute Gasteiger partial charge is 0.254 e. The van der Waals surface area contributed by atoms with Crippen LogP contribution < -0.4 is 15.0 Å².